The number of rotatable bonds is 0. The van der Waals surface area contributed by atoms with Crippen molar-refractivity contribution < 1.29 is 4.74 Å². The number of H-pyrrole nitrogens is 1. The zero-order valence-electron chi connectivity index (χ0n) is 8.19. The number of hydrogen-bond acceptors (Lipinski definition) is 6. The highest BCUT2D eigenvalue weighted by atomic mass is 16.5. The van der Waals surface area contributed by atoms with Gasteiger partial charge in [-0.1, -0.05) is 0 Å². The third-order valence-corrected chi connectivity index (χ3v) is 2.41. The van der Waals surface area contributed by atoms with E-state index >= 15 is 0 Å². The zero-order chi connectivity index (χ0) is 10.4. The maximum absolute atomic E-state index is 5.61. The molecule has 15 heavy (non-hydrogen) atoms. The first-order chi connectivity index (χ1) is 7.25. The van der Waals surface area contributed by atoms with Crippen LogP contribution in [0.2, 0.25) is 0 Å². The van der Waals surface area contributed by atoms with Crippen molar-refractivity contribution in [2.24, 2.45) is 0 Å². The predicted molar refractivity (Wildman–Crippen MR) is 54.9 cm³/mol. The average molecular weight is 206 g/mol. The normalized spacial score (nSPS) is 15.1. The molecule has 0 bridgehead atoms. The standard InChI is InChI=1S/C8H10N6O/c1-14-2-3-15-7-4-5(12-13-7)10-8(9)11-6(4)14/h2-3H2,1H3,(H3,9,10,11,12,13). The van der Waals surface area contributed by atoms with Crippen molar-refractivity contribution in [2.45, 2.75) is 0 Å². The minimum atomic E-state index is 0.237. The maximum Gasteiger partial charge on any atom is 0.246 e. The van der Waals surface area contributed by atoms with Crippen LogP contribution in [-0.4, -0.2) is 40.4 Å². The summed E-state index contributed by atoms with van der Waals surface area (Å²) >= 11 is 0. The molecule has 2 aromatic heterocycles. The Morgan fingerprint density at radius 3 is 3.20 bits per heavy atom. The lowest BCUT2D eigenvalue weighted by Gasteiger charge is -2.15. The van der Waals surface area contributed by atoms with Crippen LogP contribution in [-0.2, 0) is 0 Å². The number of nitrogens with two attached hydrogens (primary N) is 1. The lowest BCUT2D eigenvalue weighted by molar-refractivity contribution is 0.320. The van der Waals surface area contributed by atoms with E-state index in [0.717, 1.165) is 17.7 Å². The fraction of sp³-hybridized carbons (Fsp3) is 0.375. The Morgan fingerprint density at radius 1 is 1.47 bits per heavy atom. The fourth-order valence-electron chi connectivity index (χ4n) is 1.67. The van der Waals surface area contributed by atoms with Crippen LogP contribution in [0.1, 0.15) is 0 Å². The van der Waals surface area contributed by atoms with Crippen LogP contribution >= 0.6 is 0 Å². The molecule has 1 aliphatic heterocycles. The first-order valence-corrected chi connectivity index (χ1v) is 4.61. The number of likely N-dealkylation sites (N-methyl/N-ethyl adjacent to an activating group) is 1. The molecule has 78 valence electrons. The number of nitrogens with one attached hydrogen (secondary N) is 1. The summed E-state index contributed by atoms with van der Waals surface area (Å²) in [5.74, 6) is 1.55. The van der Waals surface area contributed by atoms with Gasteiger partial charge in [0, 0.05) is 7.05 Å². The van der Waals surface area contributed by atoms with E-state index in [4.69, 9.17) is 10.5 Å². The molecule has 3 rings (SSSR count). The molecule has 3 N–H and O–H groups in total. The molecule has 0 aromatic carbocycles. The van der Waals surface area contributed by atoms with Crippen molar-refractivity contribution in [3.8, 4) is 5.88 Å². The molecule has 0 aliphatic carbocycles. The molecule has 2 aromatic rings. The first kappa shape index (κ1) is 8.27. The van der Waals surface area contributed by atoms with Crippen LogP contribution in [0.5, 0.6) is 5.88 Å². The van der Waals surface area contributed by atoms with Gasteiger partial charge in [0.1, 0.15) is 17.8 Å². The molecule has 3 heterocycles. The van der Waals surface area contributed by atoms with E-state index in [1.807, 2.05) is 11.9 Å². The topological polar surface area (TPSA) is 93.0 Å². The number of aromatic amines is 1. The first-order valence-electron chi connectivity index (χ1n) is 4.61. The van der Waals surface area contributed by atoms with E-state index in [1.165, 1.54) is 0 Å². The van der Waals surface area contributed by atoms with Crippen molar-refractivity contribution in [1.29, 1.82) is 0 Å². The largest absolute Gasteiger partial charge is 0.474 e. The van der Waals surface area contributed by atoms with Gasteiger partial charge in [-0.15, -0.1) is 5.10 Å². The zero-order valence-corrected chi connectivity index (χ0v) is 8.19. The maximum atomic E-state index is 5.61. The summed E-state index contributed by atoms with van der Waals surface area (Å²) in [5.41, 5.74) is 6.22. The molecule has 0 spiro atoms. The highest BCUT2D eigenvalue weighted by Gasteiger charge is 2.21. The van der Waals surface area contributed by atoms with Crippen molar-refractivity contribution >= 4 is 22.8 Å². The highest BCUT2D eigenvalue weighted by molar-refractivity contribution is 5.92. The fourth-order valence-corrected chi connectivity index (χ4v) is 1.67. The summed E-state index contributed by atoms with van der Waals surface area (Å²) < 4.78 is 5.47. The van der Waals surface area contributed by atoms with Gasteiger partial charge in [0.25, 0.3) is 0 Å². The summed E-state index contributed by atoms with van der Waals surface area (Å²) in [6.07, 6.45) is 0. The minimum absolute atomic E-state index is 0.237. The molecule has 7 heteroatoms. The molecule has 0 atom stereocenters. The van der Waals surface area contributed by atoms with Crippen molar-refractivity contribution in [1.82, 2.24) is 20.2 Å². The number of anilines is 2. The summed E-state index contributed by atoms with van der Waals surface area (Å²) in [5, 5.41) is 7.60. The number of ether oxygens (including phenoxy) is 1. The van der Waals surface area contributed by atoms with Gasteiger partial charge >= 0.3 is 0 Å². The van der Waals surface area contributed by atoms with Crippen molar-refractivity contribution in [2.75, 3.05) is 30.8 Å². The number of hydrogen-bond donors (Lipinski definition) is 2. The quantitative estimate of drug-likeness (QED) is 0.618. The molecule has 0 saturated carbocycles. The summed E-state index contributed by atoms with van der Waals surface area (Å²) in [6.45, 7) is 1.33. The molecular weight excluding hydrogens is 196 g/mol. The molecule has 0 unspecified atom stereocenters. The summed E-state index contributed by atoms with van der Waals surface area (Å²) in [6, 6.07) is 0. The van der Waals surface area contributed by atoms with E-state index in [0.29, 0.717) is 18.1 Å². The van der Waals surface area contributed by atoms with E-state index in [2.05, 4.69) is 20.2 Å². The monoisotopic (exact) mass is 206 g/mol. The molecule has 0 fully saturated rings. The highest BCUT2D eigenvalue weighted by Crippen LogP contribution is 2.31. The Labute approximate surface area is 85.3 Å². The lowest BCUT2D eigenvalue weighted by atomic mass is 10.3. The van der Waals surface area contributed by atoms with Crippen LogP contribution in [0, 0.1) is 0 Å². The third kappa shape index (κ3) is 1.09. The van der Waals surface area contributed by atoms with Crippen LogP contribution in [0.4, 0.5) is 11.8 Å². The van der Waals surface area contributed by atoms with Gasteiger partial charge in [-0.25, -0.2) is 0 Å². The summed E-state index contributed by atoms with van der Waals surface area (Å²) in [7, 11) is 1.94. The lowest BCUT2D eigenvalue weighted by Crippen LogP contribution is -2.23. The average Bonchev–Trinajstić information content (AvgIpc) is 2.52. The van der Waals surface area contributed by atoms with Crippen molar-refractivity contribution in [3.63, 3.8) is 0 Å². The summed E-state index contributed by atoms with van der Waals surface area (Å²) in [4.78, 5) is 10.2. The van der Waals surface area contributed by atoms with E-state index in [-0.39, 0.29) is 5.95 Å². The molecule has 0 radical (unpaired) electrons. The minimum Gasteiger partial charge on any atom is -0.474 e. The van der Waals surface area contributed by atoms with Gasteiger partial charge < -0.3 is 15.4 Å². The number of nitrogen functional groups attached to an aromatic ring is 1. The second-order valence-corrected chi connectivity index (χ2v) is 3.43. The Kier molecular flexibility index (Phi) is 1.50. The second kappa shape index (κ2) is 2.72. The van der Waals surface area contributed by atoms with Gasteiger partial charge in [0.15, 0.2) is 5.65 Å². The molecule has 7 nitrogen and oxygen atoms in total. The Balaban J connectivity index is 2.39. The molecule has 1 aliphatic rings. The predicted octanol–water partition coefficient (Wildman–Crippen LogP) is -0.236. The van der Waals surface area contributed by atoms with Gasteiger partial charge in [0.05, 0.1) is 6.54 Å². The van der Waals surface area contributed by atoms with E-state index < -0.39 is 0 Å². The Bertz CT molecular complexity index is 521. The molecule has 0 saturated heterocycles. The van der Waals surface area contributed by atoms with Crippen LogP contribution in [0.25, 0.3) is 11.0 Å². The number of aromatic nitrogens is 4. The Hall–Kier alpha value is -2.05. The SMILES string of the molecule is CN1CCOc2n[nH]c3nc(N)nc1c23. The van der Waals surface area contributed by atoms with Crippen molar-refractivity contribution in [3.05, 3.63) is 0 Å². The van der Waals surface area contributed by atoms with Crippen LogP contribution < -0.4 is 15.4 Å². The van der Waals surface area contributed by atoms with E-state index in [1.54, 1.807) is 0 Å². The number of nitrogens with zero attached hydrogens (tertiary/aromatic N) is 4. The van der Waals surface area contributed by atoms with Crippen LogP contribution in [0.3, 0.4) is 0 Å². The van der Waals surface area contributed by atoms with Gasteiger partial charge in [-0.3, -0.25) is 5.10 Å². The third-order valence-electron chi connectivity index (χ3n) is 2.41. The molecular formula is C8H10N6O. The molecule has 0 amide bonds. The Morgan fingerprint density at radius 2 is 2.33 bits per heavy atom. The van der Waals surface area contributed by atoms with Gasteiger partial charge in [-0.2, -0.15) is 9.97 Å². The van der Waals surface area contributed by atoms with Gasteiger partial charge in [-0.05, 0) is 0 Å². The van der Waals surface area contributed by atoms with E-state index in [9.17, 15) is 0 Å². The van der Waals surface area contributed by atoms with Crippen LogP contribution in [0.15, 0.2) is 0 Å². The second-order valence-electron chi connectivity index (χ2n) is 3.43. The van der Waals surface area contributed by atoms with Gasteiger partial charge in [0.2, 0.25) is 11.8 Å². The smallest absolute Gasteiger partial charge is 0.246 e.